The van der Waals surface area contributed by atoms with Gasteiger partial charge in [-0.3, -0.25) is 4.98 Å². The molecule has 0 N–H and O–H groups in total. The van der Waals surface area contributed by atoms with Crippen LogP contribution in [0, 0.1) is 0 Å². The van der Waals surface area contributed by atoms with Crippen LogP contribution in [-0.4, -0.2) is 53.9 Å². The van der Waals surface area contributed by atoms with Gasteiger partial charge in [-0.1, -0.05) is 12.2 Å². The average Bonchev–Trinajstić information content (AvgIpc) is 3.20. The summed E-state index contributed by atoms with van der Waals surface area (Å²) in [6.45, 7) is 6.79. The minimum Gasteiger partial charge on any atom is -0.493 e. The zero-order valence-electron chi connectivity index (χ0n) is 19.3. The molecule has 0 fully saturated rings. The number of ether oxygens (including phenoxy) is 3. The van der Waals surface area contributed by atoms with E-state index in [2.05, 4.69) is 17.1 Å². The Morgan fingerprint density at radius 3 is 2.53 bits per heavy atom. The quantitative estimate of drug-likeness (QED) is 0.695. The predicted molar refractivity (Wildman–Crippen MR) is 123 cm³/mol. The van der Waals surface area contributed by atoms with Crippen molar-refractivity contribution in [3.63, 3.8) is 0 Å². The summed E-state index contributed by atoms with van der Waals surface area (Å²) in [5, 5.41) is 0. The Morgan fingerprint density at radius 2 is 1.88 bits per heavy atom. The van der Waals surface area contributed by atoms with Crippen molar-refractivity contribution in [1.29, 1.82) is 0 Å². The molecule has 1 amide bonds. The Balaban J connectivity index is 1.55. The van der Waals surface area contributed by atoms with Gasteiger partial charge in [0.05, 0.1) is 37.5 Å². The number of carbonyl (C=O) groups is 1. The Labute approximate surface area is 188 Å². The van der Waals surface area contributed by atoms with Crippen LogP contribution in [-0.2, 0) is 11.2 Å². The first kappa shape index (κ1) is 21.9. The van der Waals surface area contributed by atoms with E-state index in [4.69, 9.17) is 19.2 Å². The maximum Gasteiger partial charge on any atom is 0.410 e. The summed E-state index contributed by atoms with van der Waals surface area (Å²) in [6.07, 6.45) is 7.32. The Bertz CT molecular complexity index is 1100. The maximum absolute atomic E-state index is 12.4. The highest BCUT2D eigenvalue weighted by molar-refractivity contribution is 5.83. The molecule has 4 rings (SSSR count). The highest BCUT2D eigenvalue weighted by atomic mass is 16.6. The molecule has 2 heterocycles. The summed E-state index contributed by atoms with van der Waals surface area (Å²) in [7, 11) is 3.23. The van der Waals surface area contributed by atoms with Crippen molar-refractivity contribution in [3.8, 4) is 22.8 Å². The van der Waals surface area contributed by atoms with Crippen molar-refractivity contribution >= 4 is 11.7 Å². The third kappa shape index (κ3) is 4.47. The van der Waals surface area contributed by atoms with Gasteiger partial charge in [-0.2, -0.15) is 0 Å². The molecule has 1 aliphatic carbocycles. The SMILES string of the molecule is COc1ccc(-c2cnc3c(n2)C(C2=CCN(C(=O)OC(C)(C)C)CC2)=CC3)cc1OC. The average molecular weight is 436 g/mol. The third-order valence-corrected chi connectivity index (χ3v) is 5.49. The van der Waals surface area contributed by atoms with Crippen molar-refractivity contribution < 1.29 is 19.0 Å². The largest absolute Gasteiger partial charge is 0.493 e. The molecule has 0 radical (unpaired) electrons. The van der Waals surface area contributed by atoms with Gasteiger partial charge in [-0.05, 0) is 51.0 Å². The first-order valence-electron chi connectivity index (χ1n) is 10.7. The van der Waals surface area contributed by atoms with Crippen molar-refractivity contribution in [1.82, 2.24) is 14.9 Å². The molecule has 0 saturated heterocycles. The number of hydrogen-bond donors (Lipinski definition) is 0. The fraction of sp³-hybridized carbons (Fsp3) is 0.400. The van der Waals surface area contributed by atoms with Crippen LogP contribution in [0.1, 0.15) is 38.6 Å². The molecule has 168 valence electrons. The van der Waals surface area contributed by atoms with Gasteiger partial charge in [-0.25, -0.2) is 9.78 Å². The monoisotopic (exact) mass is 435 g/mol. The maximum atomic E-state index is 12.4. The predicted octanol–water partition coefficient (Wildman–Crippen LogP) is 4.67. The van der Waals surface area contributed by atoms with Crippen LogP contribution in [0.4, 0.5) is 4.79 Å². The topological polar surface area (TPSA) is 73.8 Å². The Hall–Kier alpha value is -3.35. The molecule has 2 aromatic rings. The van der Waals surface area contributed by atoms with Gasteiger partial charge in [0.15, 0.2) is 11.5 Å². The van der Waals surface area contributed by atoms with E-state index < -0.39 is 5.60 Å². The van der Waals surface area contributed by atoms with Gasteiger partial charge >= 0.3 is 6.09 Å². The van der Waals surface area contributed by atoms with Gasteiger partial charge in [0.25, 0.3) is 0 Å². The highest BCUT2D eigenvalue weighted by Crippen LogP contribution is 2.36. The number of aromatic nitrogens is 2. The number of rotatable bonds is 4. The number of hydrogen-bond acceptors (Lipinski definition) is 6. The lowest BCUT2D eigenvalue weighted by atomic mass is 9.98. The number of nitrogens with zero attached hydrogens (tertiary/aromatic N) is 3. The highest BCUT2D eigenvalue weighted by Gasteiger charge is 2.27. The fourth-order valence-electron chi connectivity index (χ4n) is 3.90. The standard InChI is InChI=1S/C25H29N3O4/c1-25(2,3)32-24(29)28-12-10-16(11-13-28)18-7-8-19-23(18)27-20(15-26-19)17-6-9-21(30-4)22(14-17)31-5/h6-7,9-10,14-15H,8,11-13H2,1-5H3. The molecule has 0 spiro atoms. The minimum absolute atomic E-state index is 0.274. The van der Waals surface area contributed by atoms with Gasteiger partial charge < -0.3 is 19.1 Å². The second kappa shape index (κ2) is 8.65. The second-order valence-corrected chi connectivity index (χ2v) is 8.85. The molecule has 1 aliphatic heterocycles. The van der Waals surface area contributed by atoms with E-state index in [0.717, 1.165) is 41.1 Å². The molecule has 7 nitrogen and oxygen atoms in total. The molecule has 0 saturated carbocycles. The zero-order chi connectivity index (χ0) is 22.9. The summed E-state index contributed by atoms with van der Waals surface area (Å²) in [4.78, 5) is 23.7. The first-order chi connectivity index (χ1) is 15.3. The summed E-state index contributed by atoms with van der Waals surface area (Å²) in [5.41, 5.74) is 5.39. The number of benzene rings is 1. The zero-order valence-corrected chi connectivity index (χ0v) is 19.3. The fourth-order valence-corrected chi connectivity index (χ4v) is 3.90. The lowest BCUT2D eigenvalue weighted by Gasteiger charge is -2.29. The van der Waals surface area contributed by atoms with Crippen molar-refractivity contribution in [2.24, 2.45) is 0 Å². The van der Waals surface area contributed by atoms with Crippen LogP contribution in [0.2, 0.25) is 0 Å². The van der Waals surface area contributed by atoms with Crippen molar-refractivity contribution in [2.75, 3.05) is 27.3 Å². The number of methoxy groups -OCH3 is 2. The molecule has 0 bridgehead atoms. The van der Waals surface area contributed by atoms with Crippen LogP contribution < -0.4 is 9.47 Å². The van der Waals surface area contributed by atoms with E-state index in [9.17, 15) is 4.79 Å². The molecule has 2 aliphatic rings. The van der Waals surface area contributed by atoms with E-state index in [0.29, 0.717) is 24.6 Å². The summed E-state index contributed by atoms with van der Waals surface area (Å²) in [5.74, 6) is 1.33. The number of fused-ring (bicyclic) bond motifs is 1. The molecule has 1 aromatic heterocycles. The van der Waals surface area contributed by atoms with Gasteiger partial charge in [0, 0.05) is 30.6 Å². The number of carbonyl (C=O) groups excluding carboxylic acids is 1. The van der Waals surface area contributed by atoms with Crippen LogP contribution in [0.5, 0.6) is 11.5 Å². The van der Waals surface area contributed by atoms with Crippen LogP contribution in [0.15, 0.2) is 42.1 Å². The summed E-state index contributed by atoms with van der Waals surface area (Å²) >= 11 is 0. The normalized spacial score (nSPS) is 15.6. The Kier molecular flexibility index (Phi) is 5.91. The number of allylic oxidation sites excluding steroid dienone is 2. The van der Waals surface area contributed by atoms with Crippen LogP contribution in [0.25, 0.3) is 16.8 Å². The molecular formula is C25H29N3O4. The lowest BCUT2D eigenvalue weighted by Crippen LogP contribution is -2.39. The van der Waals surface area contributed by atoms with Crippen LogP contribution >= 0.6 is 0 Å². The molecular weight excluding hydrogens is 406 g/mol. The molecule has 32 heavy (non-hydrogen) atoms. The van der Waals surface area contributed by atoms with E-state index in [-0.39, 0.29) is 6.09 Å². The molecule has 7 heteroatoms. The van der Waals surface area contributed by atoms with Crippen molar-refractivity contribution in [3.05, 3.63) is 53.5 Å². The van der Waals surface area contributed by atoms with E-state index in [1.165, 1.54) is 5.57 Å². The van der Waals surface area contributed by atoms with Gasteiger partial charge in [0.2, 0.25) is 0 Å². The second-order valence-electron chi connectivity index (χ2n) is 8.85. The smallest absolute Gasteiger partial charge is 0.410 e. The molecule has 0 atom stereocenters. The van der Waals surface area contributed by atoms with E-state index >= 15 is 0 Å². The molecule has 1 aromatic carbocycles. The minimum atomic E-state index is -0.496. The molecule has 0 unspecified atom stereocenters. The van der Waals surface area contributed by atoms with Crippen LogP contribution in [0.3, 0.4) is 0 Å². The van der Waals surface area contributed by atoms with Crippen molar-refractivity contribution in [2.45, 2.75) is 39.2 Å². The lowest BCUT2D eigenvalue weighted by molar-refractivity contribution is 0.0267. The Morgan fingerprint density at radius 1 is 1.09 bits per heavy atom. The summed E-state index contributed by atoms with van der Waals surface area (Å²) < 4.78 is 16.3. The van der Waals surface area contributed by atoms with E-state index in [1.54, 1.807) is 25.3 Å². The van der Waals surface area contributed by atoms with E-state index in [1.807, 2.05) is 39.0 Å². The van der Waals surface area contributed by atoms with Gasteiger partial charge in [0.1, 0.15) is 5.60 Å². The van der Waals surface area contributed by atoms with Gasteiger partial charge in [-0.15, -0.1) is 0 Å². The first-order valence-corrected chi connectivity index (χ1v) is 10.7. The summed E-state index contributed by atoms with van der Waals surface area (Å²) in [6, 6.07) is 5.73. The third-order valence-electron chi connectivity index (χ3n) is 5.49. The number of amides is 1.